The SMILES string of the molecule is CC1CO1.CCC(C)C(=O)O. The molecule has 1 heterocycles. The summed E-state index contributed by atoms with van der Waals surface area (Å²) in [4.78, 5) is 9.93. The van der Waals surface area contributed by atoms with Crippen LogP contribution in [0.1, 0.15) is 27.2 Å². The quantitative estimate of drug-likeness (QED) is 0.623. The van der Waals surface area contributed by atoms with Crippen LogP contribution in [0, 0.1) is 5.92 Å². The zero-order valence-corrected chi connectivity index (χ0v) is 7.33. The van der Waals surface area contributed by atoms with E-state index >= 15 is 0 Å². The Kier molecular flexibility index (Phi) is 4.86. The van der Waals surface area contributed by atoms with Gasteiger partial charge in [0, 0.05) is 0 Å². The summed E-state index contributed by atoms with van der Waals surface area (Å²) in [7, 11) is 0. The van der Waals surface area contributed by atoms with E-state index in [2.05, 4.69) is 6.92 Å². The zero-order chi connectivity index (χ0) is 8.85. The van der Waals surface area contributed by atoms with Crippen LogP contribution in [0.2, 0.25) is 0 Å². The van der Waals surface area contributed by atoms with Gasteiger partial charge >= 0.3 is 5.97 Å². The Bertz CT molecular complexity index is 119. The summed E-state index contributed by atoms with van der Waals surface area (Å²) in [6.45, 7) is 6.60. The molecular weight excluding hydrogens is 144 g/mol. The standard InChI is InChI=1S/C5H10O2.C3H6O/c1-3-4(2)5(6)7;1-3-2-4-3/h4H,3H2,1-2H3,(H,6,7);3H,2H2,1H3. The molecule has 0 aromatic rings. The van der Waals surface area contributed by atoms with E-state index in [1.165, 1.54) is 0 Å². The van der Waals surface area contributed by atoms with Gasteiger partial charge in [-0.25, -0.2) is 0 Å². The van der Waals surface area contributed by atoms with Crippen molar-refractivity contribution in [1.82, 2.24) is 0 Å². The monoisotopic (exact) mass is 160 g/mol. The molecule has 0 radical (unpaired) electrons. The number of carboxylic acids is 1. The van der Waals surface area contributed by atoms with E-state index in [0.29, 0.717) is 6.10 Å². The Balaban J connectivity index is 0.000000207. The average molecular weight is 160 g/mol. The van der Waals surface area contributed by atoms with E-state index in [0.717, 1.165) is 13.0 Å². The van der Waals surface area contributed by atoms with Crippen molar-refractivity contribution in [3.63, 3.8) is 0 Å². The summed E-state index contributed by atoms with van der Waals surface area (Å²) in [6.07, 6.45) is 1.30. The van der Waals surface area contributed by atoms with Gasteiger partial charge in [-0.15, -0.1) is 0 Å². The first-order chi connectivity index (χ1) is 5.07. The van der Waals surface area contributed by atoms with Gasteiger partial charge in [0.05, 0.1) is 18.6 Å². The van der Waals surface area contributed by atoms with Gasteiger partial charge in [0.2, 0.25) is 0 Å². The number of carboxylic acid groups (broad SMARTS) is 1. The minimum Gasteiger partial charge on any atom is -0.481 e. The molecule has 2 unspecified atom stereocenters. The van der Waals surface area contributed by atoms with Crippen LogP contribution in [-0.2, 0) is 9.53 Å². The number of hydrogen-bond donors (Lipinski definition) is 1. The van der Waals surface area contributed by atoms with Crippen LogP contribution >= 0.6 is 0 Å². The Labute approximate surface area is 67.4 Å². The third-order valence-corrected chi connectivity index (χ3v) is 1.53. The summed E-state index contributed by atoms with van der Waals surface area (Å²) in [5.41, 5.74) is 0. The van der Waals surface area contributed by atoms with Crippen molar-refractivity contribution in [1.29, 1.82) is 0 Å². The molecule has 0 aromatic carbocycles. The topological polar surface area (TPSA) is 49.8 Å². The van der Waals surface area contributed by atoms with Crippen LogP contribution in [0.3, 0.4) is 0 Å². The van der Waals surface area contributed by atoms with Crippen LogP contribution in [-0.4, -0.2) is 23.8 Å². The largest absolute Gasteiger partial charge is 0.481 e. The molecule has 66 valence electrons. The lowest BCUT2D eigenvalue weighted by Crippen LogP contribution is -2.06. The number of rotatable bonds is 2. The van der Waals surface area contributed by atoms with Gasteiger partial charge < -0.3 is 9.84 Å². The fourth-order valence-electron chi connectivity index (χ4n) is 0.271. The molecule has 1 fully saturated rings. The average Bonchev–Trinajstić information content (AvgIpc) is 2.71. The normalized spacial score (nSPS) is 23.0. The van der Waals surface area contributed by atoms with Gasteiger partial charge in [-0.3, -0.25) is 4.79 Å². The first-order valence-corrected chi connectivity index (χ1v) is 3.92. The first kappa shape index (κ1) is 10.4. The van der Waals surface area contributed by atoms with Crippen LogP contribution in [0.25, 0.3) is 0 Å². The maximum absolute atomic E-state index is 9.93. The number of carbonyl (C=O) groups is 1. The Morgan fingerprint density at radius 1 is 1.82 bits per heavy atom. The van der Waals surface area contributed by atoms with Gasteiger partial charge in [0.1, 0.15) is 0 Å². The number of hydrogen-bond acceptors (Lipinski definition) is 2. The van der Waals surface area contributed by atoms with Gasteiger partial charge in [-0.05, 0) is 13.3 Å². The summed E-state index contributed by atoms with van der Waals surface area (Å²) in [5, 5.41) is 8.18. The van der Waals surface area contributed by atoms with Crippen molar-refractivity contribution in [2.75, 3.05) is 6.61 Å². The van der Waals surface area contributed by atoms with E-state index < -0.39 is 5.97 Å². The predicted octanol–water partition coefficient (Wildman–Crippen LogP) is 1.52. The molecule has 1 aliphatic rings. The lowest BCUT2D eigenvalue weighted by atomic mass is 10.1. The number of epoxide rings is 1. The van der Waals surface area contributed by atoms with Crippen molar-refractivity contribution in [3.8, 4) is 0 Å². The minimum atomic E-state index is -0.706. The third kappa shape index (κ3) is 7.33. The first-order valence-electron chi connectivity index (χ1n) is 3.92. The van der Waals surface area contributed by atoms with Gasteiger partial charge in [-0.2, -0.15) is 0 Å². The molecule has 1 aliphatic heterocycles. The van der Waals surface area contributed by atoms with E-state index in [-0.39, 0.29) is 5.92 Å². The second-order valence-corrected chi connectivity index (χ2v) is 2.79. The lowest BCUT2D eigenvalue weighted by molar-refractivity contribution is -0.141. The van der Waals surface area contributed by atoms with E-state index in [9.17, 15) is 4.79 Å². The molecule has 1 saturated heterocycles. The summed E-state index contributed by atoms with van der Waals surface area (Å²) in [6, 6.07) is 0. The molecule has 1 rings (SSSR count). The number of aliphatic carboxylic acids is 1. The summed E-state index contributed by atoms with van der Waals surface area (Å²) >= 11 is 0. The molecule has 0 bridgehead atoms. The van der Waals surface area contributed by atoms with Crippen LogP contribution in [0.5, 0.6) is 0 Å². The van der Waals surface area contributed by atoms with Gasteiger partial charge in [0.25, 0.3) is 0 Å². The van der Waals surface area contributed by atoms with E-state index in [1.54, 1.807) is 6.92 Å². The second kappa shape index (κ2) is 5.13. The highest BCUT2D eigenvalue weighted by atomic mass is 16.6. The predicted molar refractivity (Wildman–Crippen MR) is 42.5 cm³/mol. The van der Waals surface area contributed by atoms with Gasteiger partial charge in [-0.1, -0.05) is 13.8 Å². The highest BCUT2D eigenvalue weighted by molar-refractivity contribution is 5.69. The molecule has 2 atom stereocenters. The fraction of sp³-hybridized carbons (Fsp3) is 0.875. The molecule has 3 heteroatoms. The molecule has 0 spiro atoms. The summed E-state index contributed by atoms with van der Waals surface area (Å²) < 4.78 is 4.71. The van der Waals surface area contributed by atoms with Gasteiger partial charge in [0.15, 0.2) is 0 Å². The van der Waals surface area contributed by atoms with Crippen LogP contribution in [0.4, 0.5) is 0 Å². The Hall–Kier alpha value is -0.570. The van der Waals surface area contributed by atoms with Crippen molar-refractivity contribution in [2.24, 2.45) is 5.92 Å². The lowest BCUT2D eigenvalue weighted by Gasteiger charge is -1.96. The summed E-state index contributed by atoms with van der Waals surface area (Å²) in [5.74, 6) is -0.887. The molecule has 0 aromatic heterocycles. The molecule has 3 nitrogen and oxygen atoms in total. The highest BCUT2D eigenvalue weighted by Crippen LogP contribution is 2.04. The van der Waals surface area contributed by atoms with Crippen molar-refractivity contribution in [2.45, 2.75) is 33.3 Å². The molecule has 11 heavy (non-hydrogen) atoms. The fourth-order valence-corrected chi connectivity index (χ4v) is 0.271. The van der Waals surface area contributed by atoms with Crippen molar-refractivity contribution < 1.29 is 14.6 Å². The Morgan fingerprint density at radius 3 is 2.18 bits per heavy atom. The molecule has 0 saturated carbocycles. The maximum atomic E-state index is 9.93. The molecular formula is C8H16O3. The Morgan fingerprint density at radius 2 is 2.18 bits per heavy atom. The molecule has 0 aliphatic carbocycles. The van der Waals surface area contributed by atoms with Crippen LogP contribution in [0.15, 0.2) is 0 Å². The third-order valence-electron chi connectivity index (χ3n) is 1.53. The maximum Gasteiger partial charge on any atom is 0.306 e. The van der Waals surface area contributed by atoms with Crippen molar-refractivity contribution >= 4 is 5.97 Å². The molecule has 1 N–H and O–H groups in total. The zero-order valence-electron chi connectivity index (χ0n) is 7.33. The second-order valence-electron chi connectivity index (χ2n) is 2.79. The van der Waals surface area contributed by atoms with E-state index in [1.807, 2.05) is 6.92 Å². The number of ether oxygens (including phenoxy) is 1. The van der Waals surface area contributed by atoms with E-state index in [4.69, 9.17) is 9.84 Å². The minimum absolute atomic E-state index is 0.181. The smallest absolute Gasteiger partial charge is 0.306 e. The highest BCUT2D eigenvalue weighted by Gasteiger charge is 2.13. The van der Waals surface area contributed by atoms with Crippen molar-refractivity contribution in [3.05, 3.63) is 0 Å². The van der Waals surface area contributed by atoms with Crippen LogP contribution < -0.4 is 0 Å². The molecule has 0 amide bonds.